The summed E-state index contributed by atoms with van der Waals surface area (Å²) in [6.07, 6.45) is 6.79. The Morgan fingerprint density at radius 3 is 2.86 bits per heavy atom. The van der Waals surface area contributed by atoms with E-state index in [1.807, 2.05) is 24.8 Å². The first-order valence-corrected chi connectivity index (χ1v) is 6.11. The smallest absolute Gasteiger partial charge is 0.114 e. The minimum absolute atomic E-state index is 0.364. The lowest BCUT2D eigenvalue weighted by Gasteiger charge is -2.27. The fraction of sp³-hybridized carbons (Fsp3) is 0.636. The van der Waals surface area contributed by atoms with Crippen molar-refractivity contribution in [3.05, 3.63) is 18.1 Å². The van der Waals surface area contributed by atoms with E-state index in [2.05, 4.69) is 0 Å². The molecule has 0 amide bonds. The maximum atomic E-state index is 6.09. The molecular formula is C11H17NOS. The minimum Gasteiger partial charge on any atom is -0.468 e. The molecule has 78 valence electrons. The standard InChI is InChI=1S/C11H17NOS/c1-8-10(6-7-13-8)14-11-5-3-2-4-9(11)12/h6-7,9,11H,2-5,12H2,1H3. The molecule has 0 aliphatic heterocycles. The Morgan fingerprint density at radius 2 is 2.21 bits per heavy atom. The Labute approximate surface area is 89.2 Å². The highest BCUT2D eigenvalue weighted by atomic mass is 32.2. The van der Waals surface area contributed by atoms with E-state index < -0.39 is 0 Å². The van der Waals surface area contributed by atoms with Crippen molar-refractivity contribution in [1.29, 1.82) is 0 Å². The molecule has 1 fully saturated rings. The molecule has 3 heteroatoms. The third-order valence-electron chi connectivity index (χ3n) is 2.84. The molecule has 1 aliphatic rings. The van der Waals surface area contributed by atoms with Crippen molar-refractivity contribution in [2.75, 3.05) is 0 Å². The zero-order valence-corrected chi connectivity index (χ0v) is 9.35. The van der Waals surface area contributed by atoms with Gasteiger partial charge in [0.25, 0.3) is 0 Å². The van der Waals surface area contributed by atoms with Gasteiger partial charge in [-0.2, -0.15) is 0 Å². The largest absolute Gasteiger partial charge is 0.468 e. The highest BCUT2D eigenvalue weighted by Crippen LogP contribution is 2.34. The van der Waals surface area contributed by atoms with Crippen molar-refractivity contribution in [1.82, 2.24) is 0 Å². The van der Waals surface area contributed by atoms with Gasteiger partial charge in [-0.15, -0.1) is 11.8 Å². The average molecular weight is 211 g/mol. The second-order valence-electron chi connectivity index (χ2n) is 3.95. The second-order valence-corrected chi connectivity index (χ2v) is 5.23. The molecule has 1 heterocycles. The van der Waals surface area contributed by atoms with Gasteiger partial charge in [0.2, 0.25) is 0 Å². The quantitative estimate of drug-likeness (QED) is 0.817. The van der Waals surface area contributed by atoms with Gasteiger partial charge in [0.15, 0.2) is 0 Å². The van der Waals surface area contributed by atoms with Crippen molar-refractivity contribution < 1.29 is 4.42 Å². The molecule has 14 heavy (non-hydrogen) atoms. The van der Waals surface area contributed by atoms with E-state index in [1.165, 1.54) is 30.6 Å². The van der Waals surface area contributed by atoms with E-state index in [0.29, 0.717) is 11.3 Å². The van der Waals surface area contributed by atoms with E-state index in [9.17, 15) is 0 Å². The molecular weight excluding hydrogens is 194 g/mol. The summed E-state index contributed by atoms with van der Waals surface area (Å²) < 4.78 is 5.28. The van der Waals surface area contributed by atoms with Crippen LogP contribution in [-0.4, -0.2) is 11.3 Å². The maximum absolute atomic E-state index is 6.09. The summed E-state index contributed by atoms with van der Waals surface area (Å²) in [5.74, 6) is 1.02. The van der Waals surface area contributed by atoms with Crippen LogP contribution in [0.5, 0.6) is 0 Å². The zero-order valence-electron chi connectivity index (χ0n) is 8.53. The molecule has 1 aliphatic carbocycles. The van der Waals surface area contributed by atoms with Crippen molar-refractivity contribution in [2.45, 2.75) is 48.8 Å². The van der Waals surface area contributed by atoms with Crippen molar-refractivity contribution in [2.24, 2.45) is 5.73 Å². The third kappa shape index (κ3) is 2.15. The molecule has 0 saturated heterocycles. The number of furan rings is 1. The molecule has 2 N–H and O–H groups in total. The summed E-state index contributed by atoms with van der Waals surface area (Å²) in [6, 6.07) is 2.41. The Bertz CT molecular complexity index is 297. The fourth-order valence-electron chi connectivity index (χ4n) is 1.93. The Balaban J connectivity index is 1.99. The van der Waals surface area contributed by atoms with Gasteiger partial charge in [-0.05, 0) is 25.8 Å². The average Bonchev–Trinajstić information content (AvgIpc) is 2.56. The number of aryl methyl sites for hydroxylation is 1. The minimum atomic E-state index is 0.364. The van der Waals surface area contributed by atoms with Gasteiger partial charge in [-0.1, -0.05) is 12.8 Å². The molecule has 2 atom stereocenters. The number of rotatable bonds is 2. The van der Waals surface area contributed by atoms with Crippen LogP contribution >= 0.6 is 11.8 Å². The van der Waals surface area contributed by atoms with Crippen LogP contribution in [-0.2, 0) is 0 Å². The van der Waals surface area contributed by atoms with E-state index in [0.717, 1.165) is 5.76 Å². The predicted molar refractivity (Wildman–Crippen MR) is 59.5 cm³/mol. The number of nitrogens with two attached hydrogens (primary N) is 1. The number of hydrogen-bond donors (Lipinski definition) is 1. The predicted octanol–water partition coefficient (Wildman–Crippen LogP) is 2.95. The molecule has 0 radical (unpaired) electrons. The number of thioether (sulfide) groups is 1. The SMILES string of the molecule is Cc1occc1SC1CCCCC1N. The first kappa shape index (κ1) is 10.1. The van der Waals surface area contributed by atoms with E-state index in [4.69, 9.17) is 10.2 Å². The summed E-state index contributed by atoms with van der Waals surface area (Å²) in [5, 5.41) is 0.583. The highest BCUT2D eigenvalue weighted by molar-refractivity contribution is 8.00. The fourth-order valence-corrected chi connectivity index (χ4v) is 3.20. The van der Waals surface area contributed by atoms with Crippen LogP contribution in [0.25, 0.3) is 0 Å². The first-order valence-electron chi connectivity index (χ1n) is 5.23. The van der Waals surface area contributed by atoms with Crippen LogP contribution in [0, 0.1) is 6.92 Å². The second kappa shape index (κ2) is 4.41. The van der Waals surface area contributed by atoms with Gasteiger partial charge < -0.3 is 10.2 Å². The Kier molecular flexibility index (Phi) is 3.19. The molecule has 2 nitrogen and oxygen atoms in total. The van der Waals surface area contributed by atoms with Gasteiger partial charge in [0, 0.05) is 16.2 Å². The van der Waals surface area contributed by atoms with Gasteiger partial charge in [0.1, 0.15) is 5.76 Å². The van der Waals surface area contributed by atoms with Crippen LogP contribution in [0.2, 0.25) is 0 Å². The van der Waals surface area contributed by atoms with E-state index >= 15 is 0 Å². The van der Waals surface area contributed by atoms with Gasteiger partial charge >= 0.3 is 0 Å². The van der Waals surface area contributed by atoms with Crippen molar-refractivity contribution in [3.63, 3.8) is 0 Å². The zero-order chi connectivity index (χ0) is 9.97. The Hall–Kier alpha value is -0.410. The maximum Gasteiger partial charge on any atom is 0.114 e. The lowest BCUT2D eigenvalue weighted by molar-refractivity contribution is 0.453. The monoisotopic (exact) mass is 211 g/mol. The van der Waals surface area contributed by atoms with Crippen LogP contribution in [0.3, 0.4) is 0 Å². The molecule has 0 spiro atoms. The summed E-state index contributed by atoms with van der Waals surface area (Å²) in [6.45, 7) is 2.01. The lowest BCUT2D eigenvalue weighted by Crippen LogP contribution is -2.35. The van der Waals surface area contributed by atoms with Crippen molar-refractivity contribution >= 4 is 11.8 Å². The normalized spacial score (nSPS) is 27.9. The number of hydrogen-bond acceptors (Lipinski definition) is 3. The summed E-state index contributed by atoms with van der Waals surface area (Å²) in [5.41, 5.74) is 6.09. The van der Waals surface area contributed by atoms with Crippen LogP contribution < -0.4 is 5.73 Å². The lowest BCUT2D eigenvalue weighted by atomic mass is 9.96. The van der Waals surface area contributed by atoms with E-state index in [1.54, 1.807) is 6.26 Å². The van der Waals surface area contributed by atoms with Crippen LogP contribution in [0.15, 0.2) is 21.6 Å². The Morgan fingerprint density at radius 1 is 1.43 bits per heavy atom. The molecule has 0 aromatic carbocycles. The first-order chi connectivity index (χ1) is 6.77. The van der Waals surface area contributed by atoms with Gasteiger partial charge in [0.05, 0.1) is 6.26 Å². The van der Waals surface area contributed by atoms with Gasteiger partial charge in [-0.25, -0.2) is 0 Å². The molecule has 2 unspecified atom stereocenters. The molecule has 1 aromatic rings. The topological polar surface area (TPSA) is 39.2 Å². The highest BCUT2D eigenvalue weighted by Gasteiger charge is 2.23. The summed E-state index contributed by atoms with van der Waals surface area (Å²) in [4.78, 5) is 1.26. The molecule has 0 bridgehead atoms. The molecule has 1 aromatic heterocycles. The van der Waals surface area contributed by atoms with Gasteiger partial charge in [-0.3, -0.25) is 0 Å². The molecule has 2 rings (SSSR count). The van der Waals surface area contributed by atoms with Crippen molar-refractivity contribution in [3.8, 4) is 0 Å². The van der Waals surface area contributed by atoms with Crippen LogP contribution in [0.4, 0.5) is 0 Å². The summed E-state index contributed by atoms with van der Waals surface area (Å²) >= 11 is 1.89. The summed E-state index contributed by atoms with van der Waals surface area (Å²) in [7, 11) is 0. The third-order valence-corrected chi connectivity index (χ3v) is 4.41. The van der Waals surface area contributed by atoms with E-state index in [-0.39, 0.29) is 0 Å². The van der Waals surface area contributed by atoms with Crippen LogP contribution in [0.1, 0.15) is 31.4 Å². The molecule has 1 saturated carbocycles.